The molecule has 0 radical (unpaired) electrons. The molecule has 2 rings (SSSR count). The Bertz CT molecular complexity index is 922. The minimum Gasteiger partial charge on any atom is -0.444 e. The SMILES string of the molecule is CC[C@H](NC(=O)OC(C)(C)C)C(=O)Oc1ccc2c(C)c(C)c(=O)oc2c1. The fourth-order valence-electron chi connectivity index (χ4n) is 2.46. The highest BCUT2D eigenvalue weighted by Gasteiger charge is 2.24. The van der Waals surface area contributed by atoms with Crippen LogP contribution in [0.4, 0.5) is 4.79 Å². The van der Waals surface area contributed by atoms with Gasteiger partial charge in [0, 0.05) is 17.0 Å². The molecule has 0 saturated carbocycles. The minimum atomic E-state index is -0.859. The number of carbonyl (C=O) groups excluding carboxylic acids is 2. The van der Waals surface area contributed by atoms with E-state index in [-0.39, 0.29) is 5.75 Å². The largest absolute Gasteiger partial charge is 0.444 e. The highest BCUT2D eigenvalue weighted by Crippen LogP contribution is 2.24. The van der Waals surface area contributed by atoms with E-state index in [1.165, 1.54) is 6.07 Å². The maximum Gasteiger partial charge on any atom is 0.408 e. The van der Waals surface area contributed by atoms with Crippen LogP contribution in [0.3, 0.4) is 0 Å². The van der Waals surface area contributed by atoms with Crippen LogP contribution in [0.25, 0.3) is 11.0 Å². The number of esters is 1. The van der Waals surface area contributed by atoms with Crippen LogP contribution in [-0.2, 0) is 9.53 Å². The molecule has 1 amide bonds. The predicted molar refractivity (Wildman–Crippen MR) is 101 cm³/mol. The molecule has 146 valence electrons. The van der Waals surface area contributed by atoms with Crippen LogP contribution in [-0.4, -0.2) is 23.7 Å². The Kier molecular flexibility index (Phi) is 5.93. The zero-order valence-electron chi connectivity index (χ0n) is 16.5. The molecule has 0 unspecified atom stereocenters. The van der Waals surface area contributed by atoms with Gasteiger partial charge in [0.2, 0.25) is 0 Å². The predicted octanol–water partition coefficient (Wildman–Crippen LogP) is 3.62. The topological polar surface area (TPSA) is 94.8 Å². The van der Waals surface area contributed by atoms with Gasteiger partial charge in [-0.2, -0.15) is 0 Å². The van der Waals surface area contributed by atoms with Crippen LogP contribution in [0.5, 0.6) is 5.75 Å². The molecule has 1 N–H and O–H groups in total. The summed E-state index contributed by atoms with van der Waals surface area (Å²) in [7, 11) is 0. The second-order valence-corrected chi connectivity index (χ2v) is 7.33. The van der Waals surface area contributed by atoms with E-state index < -0.39 is 29.3 Å². The van der Waals surface area contributed by atoms with Gasteiger partial charge in [0.1, 0.15) is 23.0 Å². The van der Waals surface area contributed by atoms with Crippen LogP contribution in [0, 0.1) is 13.8 Å². The molecule has 0 fully saturated rings. The third-order valence-electron chi connectivity index (χ3n) is 4.03. The number of carbonyl (C=O) groups is 2. The van der Waals surface area contributed by atoms with Crippen LogP contribution in [0.15, 0.2) is 27.4 Å². The lowest BCUT2D eigenvalue weighted by molar-refractivity contribution is -0.136. The molecule has 1 heterocycles. The summed E-state index contributed by atoms with van der Waals surface area (Å²) in [4.78, 5) is 36.1. The van der Waals surface area contributed by atoms with Gasteiger partial charge in [-0.3, -0.25) is 0 Å². The van der Waals surface area contributed by atoms with Gasteiger partial charge >= 0.3 is 17.7 Å². The fraction of sp³-hybridized carbons (Fsp3) is 0.450. The highest BCUT2D eigenvalue weighted by molar-refractivity contribution is 5.85. The van der Waals surface area contributed by atoms with Crippen molar-refractivity contribution in [2.45, 2.75) is 59.6 Å². The number of hydrogen-bond acceptors (Lipinski definition) is 6. The second kappa shape index (κ2) is 7.82. The van der Waals surface area contributed by atoms with Gasteiger partial charge in [0.15, 0.2) is 0 Å². The number of nitrogens with one attached hydrogen (secondary N) is 1. The summed E-state index contributed by atoms with van der Waals surface area (Å²) < 4.78 is 15.8. The third kappa shape index (κ3) is 5.09. The van der Waals surface area contributed by atoms with Crippen LogP contribution >= 0.6 is 0 Å². The van der Waals surface area contributed by atoms with Crippen molar-refractivity contribution in [2.24, 2.45) is 0 Å². The normalized spacial score (nSPS) is 12.5. The first kappa shape index (κ1) is 20.5. The molecule has 0 bridgehead atoms. The van der Waals surface area contributed by atoms with Crippen molar-refractivity contribution in [3.8, 4) is 5.75 Å². The van der Waals surface area contributed by atoms with E-state index in [0.29, 0.717) is 17.6 Å². The maximum atomic E-state index is 12.4. The van der Waals surface area contributed by atoms with Crippen LogP contribution in [0.2, 0.25) is 0 Å². The minimum absolute atomic E-state index is 0.225. The van der Waals surface area contributed by atoms with Gasteiger partial charge in [0.05, 0.1) is 0 Å². The highest BCUT2D eigenvalue weighted by atomic mass is 16.6. The summed E-state index contributed by atoms with van der Waals surface area (Å²) in [5.41, 5.74) is 0.595. The molecule has 1 aromatic heterocycles. The molecular formula is C20H25NO6. The summed E-state index contributed by atoms with van der Waals surface area (Å²) in [6, 6.07) is 3.97. The number of ether oxygens (including phenoxy) is 2. The molecule has 2 aromatic rings. The lowest BCUT2D eigenvalue weighted by Crippen LogP contribution is -2.44. The molecule has 27 heavy (non-hydrogen) atoms. The summed E-state index contributed by atoms with van der Waals surface area (Å²) in [5.74, 6) is -0.405. The van der Waals surface area contributed by atoms with Gasteiger partial charge in [-0.25, -0.2) is 14.4 Å². The quantitative estimate of drug-likeness (QED) is 0.498. The van der Waals surface area contributed by atoms with Crippen molar-refractivity contribution < 1.29 is 23.5 Å². The number of alkyl carbamates (subject to hydrolysis) is 1. The van der Waals surface area contributed by atoms with Crippen molar-refractivity contribution in [2.75, 3.05) is 0 Å². The molecule has 0 aliphatic carbocycles. The van der Waals surface area contributed by atoms with Crippen LogP contribution in [0.1, 0.15) is 45.2 Å². The van der Waals surface area contributed by atoms with E-state index in [1.807, 2.05) is 6.92 Å². The van der Waals surface area contributed by atoms with Gasteiger partial charge in [-0.15, -0.1) is 0 Å². The molecule has 0 spiro atoms. The number of hydrogen-bond donors (Lipinski definition) is 1. The molecule has 7 heteroatoms. The summed E-state index contributed by atoms with van der Waals surface area (Å²) in [6.45, 7) is 10.5. The van der Waals surface area contributed by atoms with Gasteiger partial charge in [0.25, 0.3) is 0 Å². The Labute approximate surface area is 157 Å². The van der Waals surface area contributed by atoms with Crippen molar-refractivity contribution >= 4 is 23.0 Å². The first-order valence-corrected chi connectivity index (χ1v) is 8.77. The Morgan fingerprint density at radius 3 is 2.44 bits per heavy atom. The zero-order chi connectivity index (χ0) is 20.4. The summed E-state index contributed by atoms with van der Waals surface area (Å²) >= 11 is 0. The van der Waals surface area contributed by atoms with E-state index >= 15 is 0 Å². The van der Waals surface area contributed by atoms with Crippen molar-refractivity contribution in [1.29, 1.82) is 0 Å². The molecule has 1 aromatic carbocycles. The lowest BCUT2D eigenvalue weighted by atomic mass is 10.1. The molecule has 0 aliphatic rings. The molecule has 0 aliphatic heterocycles. The van der Waals surface area contributed by atoms with Crippen molar-refractivity contribution in [3.05, 3.63) is 39.7 Å². The first-order chi connectivity index (χ1) is 12.5. The van der Waals surface area contributed by atoms with Crippen molar-refractivity contribution in [3.63, 3.8) is 0 Å². The Balaban J connectivity index is 2.17. The standard InChI is InChI=1S/C20H25NO6/c1-7-15(21-19(24)27-20(4,5)6)18(23)25-13-8-9-14-11(2)12(3)17(22)26-16(14)10-13/h8-10,15H,7H2,1-6H3,(H,21,24)/t15-/m0/s1. The Morgan fingerprint density at radius 2 is 1.85 bits per heavy atom. The fourth-order valence-corrected chi connectivity index (χ4v) is 2.46. The van der Waals surface area contributed by atoms with E-state index in [0.717, 1.165) is 10.9 Å². The average molecular weight is 375 g/mol. The Hall–Kier alpha value is -2.83. The van der Waals surface area contributed by atoms with E-state index in [9.17, 15) is 14.4 Å². The monoisotopic (exact) mass is 375 g/mol. The van der Waals surface area contributed by atoms with Gasteiger partial charge in [-0.1, -0.05) is 6.92 Å². The average Bonchev–Trinajstić information content (AvgIpc) is 2.55. The second-order valence-electron chi connectivity index (χ2n) is 7.33. The molecule has 7 nitrogen and oxygen atoms in total. The molecular weight excluding hydrogens is 350 g/mol. The number of rotatable bonds is 4. The maximum absolute atomic E-state index is 12.4. The lowest BCUT2D eigenvalue weighted by Gasteiger charge is -2.22. The van der Waals surface area contributed by atoms with Crippen LogP contribution < -0.4 is 15.7 Å². The van der Waals surface area contributed by atoms with E-state index in [2.05, 4.69) is 5.32 Å². The number of fused-ring (bicyclic) bond motifs is 1. The third-order valence-corrected chi connectivity index (χ3v) is 4.03. The Morgan fingerprint density at radius 1 is 1.19 bits per heavy atom. The number of aryl methyl sites for hydroxylation is 1. The van der Waals surface area contributed by atoms with Gasteiger partial charge in [-0.05, 0) is 58.7 Å². The van der Waals surface area contributed by atoms with E-state index in [4.69, 9.17) is 13.9 Å². The van der Waals surface area contributed by atoms with Gasteiger partial charge < -0.3 is 19.2 Å². The number of amides is 1. The van der Waals surface area contributed by atoms with E-state index in [1.54, 1.807) is 46.8 Å². The number of benzene rings is 1. The smallest absolute Gasteiger partial charge is 0.408 e. The van der Waals surface area contributed by atoms with Crippen molar-refractivity contribution in [1.82, 2.24) is 5.32 Å². The first-order valence-electron chi connectivity index (χ1n) is 8.77. The summed E-state index contributed by atoms with van der Waals surface area (Å²) in [6.07, 6.45) is -0.360. The molecule has 0 saturated heterocycles. The molecule has 1 atom stereocenters. The zero-order valence-corrected chi connectivity index (χ0v) is 16.5. The summed E-state index contributed by atoms with van der Waals surface area (Å²) in [5, 5.41) is 3.27.